The summed E-state index contributed by atoms with van der Waals surface area (Å²) in [6, 6.07) is -0.228. The first kappa shape index (κ1) is 13.2. The van der Waals surface area contributed by atoms with Gasteiger partial charge in [0.15, 0.2) is 0 Å². The van der Waals surface area contributed by atoms with E-state index in [2.05, 4.69) is 0 Å². The summed E-state index contributed by atoms with van der Waals surface area (Å²) in [4.78, 5) is 15.4. The molecule has 1 unspecified atom stereocenters. The lowest BCUT2D eigenvalue weighted by Gasteiger charge is -2.30. The molecule has 0 rings (SSSR count). The maximum Gasteiger partial charge on any atom is 0.320 e. The van der Waals surface area contributed by atoms with Gasteiger partial charge in [-0.15, -0.1) is 0 Å². The van der Waals surface area contributed by atoms with E-state index in [1.807, 2.05) is 20.8 Å². The van der Waals surface area contributed by atoms with Crippen LogP contribution in [0.1, 0.15) is 20.8 Å². The number of urea groups is 1. The third kappa shape index (κ3) is 3.14. The number of hydrogen-bond acceptors (Lipinski definition) is 2. The zero-order valence-corrected chi connectivity index (χ0v) is 10.1. The van der Waals surface area contributed by atoms with E-state index in [1.165, 1.54) is 0 Å². The maximum atomic E-state index is 11.8. The van der Waals surface area contributed by atoms with E-state index < -0.39 is 0 Å². The highest BCUT2D eigenvalue weighted by Crippen LogP contribution is 2.02. The SMILES string of the molecule is CCN(CC)C(=O)N(C)C(C)C(N)=S. The number of carbonyl (C=O) groups excluding carboxylic acids is 1. The van der Waals surface area contributed by atoms with E-state index in [1.54, 1.807) is 16.8 Å². The van der Waals surface area contributed by atoms with Crippen molar-refractivity contribution in [1.29, 1.82) is 0 Å². The molecule has 14 heavy (non-hydrogen) atoms. The molecule has 4 nitrogen and oxygen atoms in total. The number of thiocarbonyl (C=S) groups is 1. The Labute approximate surface area is 91.0 Å². The van der Waals surface area contributed by atoms with Gasteiger partial charge in [0.25, 0.3) is 0 Å². The van der Waals surface area contributed by atoms with Gasteiger partial charge in [-0.05, 0) is 20.8 Å². The van der Waals surface area contributed by atoms with Crippen LogP contribution in [-0.4, -0.2) is 47.0 Å². The normalized spacial score (nSPS) is 12.0. The van der Waals surface area contributed by atoms with E-state index in [4.69, 9.17) is 18.0 Å². The Kier molecular flexibility index (Phi) is 5.45. The van der Waals surface area contributed by atoms with Gasteiger partial charge in [0, 0.05) is 20.1 Å². The van der Waals surface area contributed by atoms with E-state index >= 15 is 0 Å². The van der Waals surface area contributed by atoms with Crippen LogP contribution in [0, 0.1) is 0 Å². The van der Waals surface area contributed by atoms with Crippen LogP contribution in [0.5, 0.6) is 0 Å². The van der Waals surface area contributed by atoms with Crippen LogP contribution in [0.3, 0.4) is 0 Å². The summed E-state index contributed by atoms with van der Waals surface area (Å²) in [7, 11) is 1.71. The van der Waals surface area contributed by atoms with Gasteiger partial charge in [-0.25, -0.2) is 4.79 Å². The van der Waals surface area contributed by atoms with Crippen molar-refractivity contribution in [2.75, 3.05) is 20.1 Å². The van der Waals surface area contributed by atoms with Crippen LogP contribution in [0.15, 0.2) is 0 Å². The zero-order chi connectivity index (χ0) is 11.3. The second-order valence-corrected chi connectivity index (χ2v) is 3.62. The van der Waals surface area contributed by atoms with E-state index in [0.29, 0.717) is 18.1 Å². The molecular formula is C9H19N3OS. The number of nitrogens with two attached hydrogens (primary N) is 1. The van der Waals surface area contributed by atoms with Gasteiger partial charge in [-0.1, -0.05) is 12.2 Å². The van der Waals surface area contributed by atoms with Crippen molar-refractivity contribution in [1.82, 2.24) is 9.80 Å². The van der Waals surface area contributed by atoms with Crippen LogP contribution in [0.4, 0.5) is 4.79 Å². The van der Waals surface area contributed by atoms with Crippen LogP contribution >= 0.6 is 12.2 Å². The van der Waals surface area contributed by atoms with Gasteiger partial charge in [-0.3, -0.25) is 0 Å². The molecule has 82 valence electrons. The molecule has 0 aromatic carbocycles. The Morgan fingerprint density at radius 1 is 1.43 bits per heavy atom. The molecule has 0 saturated heterocycles. The second kappa shape index (κ2) is 5.80. The van der Waals surface area contributed by atoms with Crippen molar-refractivity contribution in [3.8, 4) is 0 Å². The van der Waals surface area contributed by atoms with Gasteiger partial charge < -0.3 is 15.5 Å². The number of likely N-dealkylation sites (N-methyl/N-ethyl adjacent to an activating group) is 1. The first-order valence-corrected chi connectivity index (χ1v) is 5.17. The average molecular weight is 217 g/mol. The molecule has 0 saturated carbocycles. The maximum absolute atomic E-state index is 11.8. The molecule has 0 aliphatic heterocycles. The highest BCUT2D eigenvalue weighted by atomic mass is 32.1. The van der Waals surface area contributed by atoms with Crippen LogP contribution in [-0.2, 0) is 0 Å². The summed E-state index contributed by atoms with van der Waals surface area (Å²) >= 11 is 4.84. The predicted octanol–water partition coefficient (Wildman–Crippen LogP) is 1.05. The van der Waals surface area contributed by atoms with Gasteiger partial charge in [-0.2, -0.15) is 0 Å². The molecule has 0 aliphatic carbocycles. The Balaban J connectivity index is 4.44. The lowest BCUT2D eigenvalue weighted by atomic mass is 10.3. The molecule has 1 atom stereocenters. The third-order valence-electron chi connectivity index (χ3n) is 2.33. The first-order chi connectivity index (χ1) is 6.45. The summed E-state index contributed by atoms with van der Waals surface area (Å²) in [5.41, 5.74) is 5.48. The Bertz CT molecular complexity index is 216. The van der Waals surface area contributed by atoms with Gasteiger partial charge in [0.05, 0.1) is 11.0 Å². The van der Waals surface area contributed by atoms with Crippen molar-refractivity contribution in [3.63, 3.8) is 0 Å². The molecule has 0 fully saturated rings. The van der Waals surface area contributed by atoms with Crippen LogP contribution in [0.25, 0.3) is 0 Å². The number of amides is 2. The first-order valence-electron chi connectivity index (χ1n) is 4.76. The van der Waals surface area contributed by atoms with Crippen molar-refractivity contribution in [3.05, 3.63) is 0 Å². The van der Waals surface area contributed by atoms with Crippen molar-refractivity contribution in [2.24, 2.45) is 5.73 Å². The van der Waals surface area contributed by atoms with E-state index in [0.717, 1.165) is 0 Å². The fourth-order valence-electron chi connectivity index (χ4n) is 1.07. The number of rotatable bonds is 4. The summed E-state index contributed by atoms with van der Waals surface area (Å²) in [6.07, 6.45) is 0. The molecule has 0 aliphatic rings. The smallest absolute Gasteiger partial charge is 0.320 e. The topological polar surface area (TPSA) is 49.6 Å². The highest BCUT2D eigenvalue weighted by molar-refractivity contribution is 7.80. The lowest BCUT2D eigenvalue weighted by molar-refractivity contribution is 0.164. The predicted molar refractivity (Wildman–Crippen MR) is 62.3 cm³/mol. The lowest BCUT2D eigenvalue weighted by Crippen LogP contribution is -2.48. The molecule has 2 amide bonds. The summed E-state index contributed by atoms with van der Waals surface area (Å²) < 4.78 is 0. The summed E-state index contributed by atoms with van der Waals surface area (Å²) in [6.45, 7) is 7.11. The quantitative estimate of drug-likeness (QED) is 0.716. The van der Waals surface area contributed by atoms with Crippen LogP contribution in [0.2, 0.25) is 0 Å². The van der Waals surface area contributed by atoms with Crippen LogP contribution < -0.4 is 5.73 Å². The van der Waals surface area contributed by atoms with Crippen molar-refractivity contribution < 1.29 is 4.79 Å². The molecule has 0 heterocycles. The molecule has 0 aromatic rings. The Morgan fingerprint density at radius 2 is 1.86 bits per heavy atom. The number of hydrogen-bond donors (Lipinski definition) is 1. The zero-order valence-electron chi connectivity index (χ0n) is 9.28. The number of nitrogens with zero attached hydrogens (tertiary/aromatic N) is 2. The van der Waals surface area contributed by atoms with Crippen molar-refractivity contribution in [2.45, 2.75) is 26.8 Å². The van der Waals surface area contributed by atoms with Gasteiger partial charge >= 0.3 is 6.03 Å². The molecule has 0 spiro atoms. The monoisotopic (exact) mass is 217 g/mol. The fraction of sp³-hybridized carbons (Fsp3) is 0.778. The average Bonchev–Trinajstić information content (AvgIpc) is 2.17. The van der Waals surface area contributed by atoms with E-state index in [9.17, 15) is 4.79 Å². The van der Waals surface area contributed by atoms with Gasteiger partial charge in [0.2, 0.25) is 0 Å². The van der Waals surface area contributed by atoms with Crippen molar-refractivity contribution >= 4 is 23.2 Å². The third-order valence-corrected chi connectivity index (χ3v) is 2.67. The molecule has 0 aromatic heterocycles. The largest absolute Gasteiger partial charge is 0.392 e. The fourth-order valence-corrected chi connectivity index (χ4v) is 1.23. The summed E-state index contributed by atoms with van der Waals surface area (Å²) in [5, 5.41) is 0. The summed E-state index contributed by atoms with van der Waals surface area (Å²) in [5.74, 6) is 0. The number of carbonyl (C=O) groups is 1. The Hall–Kier alpha value is -0.840. The molecule has 0 radical (unpaired) electrons. The van der Waals surface area contributed by atoms with Gasteiger partial charge in [0.1, 0.15) is 0 Å². The standard InChI is InChI=1S/C9H19N3OS/c1-5-12(6-2)9(13)11(4)7(3)8(10)14/h7H,5-6H2,1-4H3,(H2,10,14). The molecule has 0 bridgehead atoms. The highest BCUT2D eigenvalue weighted by Gasteiger charge is 2.21. The minimum Gasteiger partial charge on any atom is -0.392 e. The molecular weight excluding hydrogens is 198 g/mol. The Morgan fingerprint density at radius 3 is 2.14 bits per heavy atom. The molecule has 5 heteroatoms. The van der Waals surface area contributed by atoms with E-state index in [-0.39, 0.29) is 12.1 Å². The second-order valence-electron chi connectivity index (χ2n) is 3.14. The minimum atomic E-state index is -0.196. The molecule has 2 N–H and O–H groups in total. The minimum absolute atomic E-state index is 0.0321.